The van der Waals surface area contributed by atoms with Crippen LogP contribution >= 0.6 is 0 Å². The summed E-state index contributed by atoms with van der Waals surface area (Å²) in [5.41, 5.74) is 1.98. The van der Waals surface area contributed by atoms with Gasteiger partial charge in [0.05, 0.1) is 12.6 Å². The number of fused-ring (bicyclic) bond motifs is 1. The molecule has 1 N–H and O–H groups in total. The largest absolute Gasteiger partial charge is 0.387 e. The third-order valence-corrected chi connectivity index (χ3v) is 2.34. The Kier molecular flexibility index (Phi) is 2.02. The Bertz CT molecular complexity index is 324. The van der Waals surface area contributed by atoms with E-state index in [0.717, 1.165) is 17.5 Å². The second-order valence-corrected chi connectivity index (χ2v) is 3.25. The topological polar surface area (TPSA) is 40.5 Å². The second kappa shape index (κ2) is 3.18. The molecule has 1 atom stereocenters. The zero-order valence-electron chi connectivity index (χ0n) is 7.18. The highest BCUT2D eigenvalue weighted by molar-refractivity contribution is 5.49. The van der Waals surface area contributed by atoms with E-state index in [0.29, 0.717) is 13.1 Å². The van der Waals surface area contributed by atoms with Gasteiger partial charge in [-0.1, -0.05) is 24.3 Å². The number of hydrogen-bond donors (Lipinski definition) is 1. The van der Waals surface area contributed by atoms with Gasteiger partial charge in [0.2, 0.25) is 6.41 Å². The molecular formula is C10H11NO2. The summed E-state index contributed by atoms with van der Waals surface area (Å²) in [6, 6.07) is 7.66. The molecule has 0 bridgehead atoms. The standard InChI is InChI=1S/C10H11NO2/c12-7-11-5-8-3-1-2-4-9(8)10(13)6-11/h1-4,7,10,13H,5-6H2. The van der Waals surface area contributed by atoms with E-state index in [4.69, 9.17) is 0 Å². The van der Waals surface area contributed by atoms with E-state index in [2.05, 4.69) is 0 Å². The Hall–Kier alpha value is -1.35. The van der Waals surface area contributed by atoms with Crippen molar-refractivity contribution in [1.82, 2.24) is 4.90 Å². The summed E-state index contributed by atoms with van der Waals surface area (Å²) in [6.07, 6.45) is 0.245. The number of nitrogens with zero attached hydrogens (tertiary/aromatic N) is 1. The summed E-state index contributed by atoms with van der Waals surface area (Å²) in [7, 11) is 0. The average Bonchev–Trinajstić information content (AvgIpc) is 2.18. The molecule has 0 aliphatic carbocycles. The predicted octanol–water partition coefficient (Wildman–Crippen LogP) is 0.692. The van der Waals surface area contributed by atoms with Gasteiger partial charge in [-0.05, 0) is 11.1 Å². The summed E-state index contributed by atoms with van der Waals surface area (Å²) in [6.45, 7) is 1.01. The molecule has 2 rings (SSSR count). The Labute approximate surface area is 76.6 Å². The van der Waals surface area contributed by atoms with Crippen molar-refractivity contribution >= 4 is 6.41 Å². The van der Waals surface area contributed by atoms with Gasteiger partial charge in [-0.3, -0.25) is 4.79 Å². The number of amides is 1. The highest BCUT2D eigenvalue weighted by Crippen LogP contribution is 2.24. The molecule has 1 aliphatic rings. The van der Waals surface area contributed by atoms with Gasteiger partial charge < -0.3 is 10.0 Å². The zero-order chi connectivity index (χ0) is 9.26. The van der Waals surface area contributed by atoms with Crippen LogP contribution in [0, 0.1) is 0 Å². The fourth-order valence-corrected chi connectivity index (χ4v) is 1.69. The molecule has 0 saturated carbocycles. The van der Waals surface area contributed by atoms with Crippen LogP contribution in [-0.2, 0) is 11.3 Å². The number of β-amino-alcohol motifs (C(OH)–C–C–N with tert-alkyl or cyclic N) is 1. The minimum Gasteiger partial charge on any atom is -0.387 e. The first-order chi connectivity index (χ1) is 6.31. The minimum atomic E-state index is -0.532. The number of benzene rings is 1. The smallest absolute Gasteiger partial charge is 0.210 e. The quantitative estimate of drug-likeness (QED) is 0.641. The molecule has 1 unspecified atom stereocenters. The van der Waals surface area contributed by atoms with Crippen molar-refractivity contribution in [3.63, 3.8) is 0 Å². The van der Waals surface area contributed by atoms with Crippen molar-refractivity contribution in [2.24, 2.45) is 0 Å². The zero-order valence-corrected chi connectivity index (χ0v) is 7.18. The lowest BCUT2D eigenvalue weighted by Gasteiger charge is -2.29. The van der Waals surface area contributed by atoms with Crippen LogP contribution in [0.3, 0.4) is 0 Å². The maximum absolute atomic E-state index is 10.5. The Morgan fingerprint density at radius 2 is 2.23 bits per heavy atom. The Balaban J connectivity index is 2.36. The van der Waals surface area contributed by atoms with Gasteiger partial charge in [-0.15, -0.1) is 0 Å². The molecule has 13 heavy (non-hydrogen) atoms. The van der Waals surface area contributed by atoms with Gasteiger partial charge in [0.1, 0.15) is 0 Å². The van der Waals surface area contributed by atoms with Gasteiger partial charge in [0.25, 0.3) is 0 Å². The summed E-state index contributed by atoms with van der Waals surface area (Å²) >= 11 is 0. The fraction of sp³-hybridized carbons (Fsp3) is 0.300. The van der Waals surface area contributed by atoms with Crippen molar-refractivity contribution in [3.05, 3.63) is 35.4 Å². The molecule has 3 nitrogen and oxygen atoms in total. The van der Waals surface area contributed by atoms with Crippen molar-refractivity contribution in [2.45, 2.75) is 12.6 Å². The molecule has 1 amide bonds. The third-order valence-electron chi connectivity index (χ3n) is 2.34. The van der Waals surface area contributed by atoms with Crippen molar-refractivity contribution < 1.29 is 9.90 Å². The van der Waals surface area contributed by atoms with E-state index in [9.17, 15) is 9.90 Å². The van der Waals surface area contributed by atoms with Gasteiger partial charge in [-0.2, -0.15) is 0 Å². The SMILES string of the molecule is O=CN1Cc2ccccc2C(O)C1. The van der Waals surface area contributed by atoms with E-state index in [1.165, 1.54) is 0 Å². The number of hydrogen-bond acceptors (Lipinski definition) is 2. The van der Waals surface area contributed by atoms with Crippen LogP contribution < -0.4 is 0 Å². The Morgan fingerprint density at radius 3 is 3.00 bits per heavy atom. The fourth-order valence-electron chi connectivity index (χ4n) is 1.69. The lowest BCUT2D eigenvalue weighted by Crippen LogP contribution is -2.32. The van der Waals surface area contributed by atoms with E-state index in [1.807, 2.05) is 24.3 Å². The normalized spacial score (nSPS) is 21.0. The number of carbonyl (C=O) groups is 1. The highest BCUT2D eigenvalue weighted by atomic mass is 16.3. The van der Waals surface area contributed by atoms with Crippen molar-refractivity contribution in [1.29, 1.82) is 0 Å². The molecular weight excluding hydrogens is 166 g/mol. The van der Waals surface area contributed by atoms with E-state index in [1.54, 1.807) is 4.90 Å². The van der Waals surface area contributed by atoms with Gasteiger partial charge in [0.15, 0.2) is 0 Å². The molecule has 1 heterocycles. The van der Waals surface area contributed by atoms with Crippen LogP contribution in [0.5, 0.6) is 0 Å². The van der Waals surface area contributed by atoms with Gasteiger partial charge >= 0.3 is 0 Å². The molecule has 1 aromatic rings. The lowest BCUT2D eigenvalue weighted by atomic mass is 9.98. The first kappa shape index (κ1) is 8.26. The Morgan fingerprint density at radius 1 is 1.46 bits per heavy atom. The number of rotatable bonds is 1. The first-order valence-electron chi connectivity index (χ1n) is 4.26. The lowest BCUT2D eigenvalue weighted by molar-refractivity contribution is -0.120. The first-order valence-corrected chi connectivity index (χ1v) is 4.26. The molecule has 0 radical (unpaired) electrons. The molecule has 0 aromatic heterocycles. The van der Waals surface area contributed by atoms with Crippen LogP contribution in [0.4, 0.5) is 0 Å². The average molecular weight is 177 g/mol. The summed E-state index contributed by atoms with van der Waals surface area (Å²) in [5.74, 6) is 0. The molecule has 68 valence electrons. The van der Waals surface area contributed by atoms with Gasteiger partial charge in [0, 0.05) is 6.54 Å². The minimum absolute atomic E-state index is 0.403. The van der Waals surface area contributed by atoms with Crippen LogP contribution in [0.15, 0.2) is 24.3 Å². The van der Waals surface area contributed by atoms with Crippen LogP contribution in [-0.4, -0.2) is 23.0 Å². The van der Waals surface area contributed by atoms with E-state index < -0.39 is 6.10 Å². The molecule has 0 fully saturated rings. The van der Waals surface area contributed by atoms with Gasteiger partial charge in [-0.25, -0.2) is 0 Å². The second-order valence-electron chi connectivity index (χ2n) is 3.25. The van der Waals surface area contributed by atoms with Crippen LogP contribution in [0.2, 0.25) is 0 Å². The molecule has 0 spiro atoms. The molecule has 1 aliphatic heterocycles. The predicted molar refractivity (Wildman–Crippen MR) is 47.9 cm³/mol. The maximum atomic E-state index is 10.5. The third kappa shape index (κ3) is 1.42. The maximum Gasteiger partial charge on any atom is 0.210 e. The van der Waals surface area contributed by atoms with Crippen molar-refractivity contribution in [2.75, 3.05) is 6.54 Å². The molecule has 3 heteroatoms. The summed E-state index contributed by atoms with van der Waals surface area (Å²) < 4.78 is 0. The monoisotopic (exact) mass is 177 g/mol. The number of aliphatic hydroxyl groups is 1. The number of aliphatic hydroxyl groups excluding tert-OH is 1. The molecule has 1 aromatic carbocycles. The summed E-state index contributed by atoms with van der Waals surface area (Å²) in [5, 5.41) is 9.66. The van der Waals surface area contributed by atoms with Crippen LogP contribution in [0.1, 0.15) is 17.2 Å². The highest BCUT2D eigenvalue weighted by Gasteiger charge is 2.21. The number of carbonyl (C=O) groups excluding carboxylic acids is 1. The van der Waals surface area contributed by atoms with E-state index >= 15 is 0 Å². The van der Waals surface area contributed by atoms with E-state index in [-0.39, 0.29) is 0 Å². The van der Waals surface area contributed by atoms with Crippen molar-refractivity contribution in [3.8, 4) is 0 Å². The molecule has 0 saturated heterocycles. The summed E-state index contributed by atoms with van der Waals surface area (Å²) in [4.78, 5) is 12.1. The van der Waals surface area contributed by atoms with Crippen LogP contribution in [0.25, 0.3) is 0 Å².